The van der Waals surface area contributed by atoms with Crippen LogP contribution >= 0.6 is 0 Å². The summed E-state index contributed by atoms with van der Waals surface area (Å²) in [5.41, 5.74) is 0. The van der Waals surface area contributed by atoms with E-state index in [1.54, 1.807) is 6.92 Å². The van der Waals surface area contributed by atoms with Crippen LogP contribution in [0.25, 0.3) is 0 Å². The lowest BCUT2D eigenvalue weighted by molar-refractivity contribution is -0.190. The van der Waals surface area contributed by atoms with Crippen LogP contribution in [0.3, 0.4) is 0 Å². The van der Waals surface area contributed by atoms with Gasteiger partial charge in [-0.2, -0.15) is 0 Å². The van der Waals surface area contributed by atoms with Crippen molar-refractivity contribution in [2.24, 2.45) is 0 Å². The van der Waals surface area contributed by atoms with Crippen LogP contribution in [0.15, 0.2) is 11.6 Å². The highest BCUT2D eigenvalue weighted by atomic mass is 16.5. The van der Waals surface area contributed by atoms with Gasteiger partial charge in [0.2, 0.25) is 29.5 Å². The van der Waals surface area contributed by atoms with Gasteiger partial charge in [-0.05, 0) is 6.92 Å². The van der Waals surface area contributed by atoms with E-state index in [2.05, 4.69) is 0 Å². The zero-order valence-corrected chi connectivity index (χ0v) is 19.3. The van der Waals surface area contributed by atoms with Gasteiger partial charge >= 0.3 is 0 Å². The molecule has 5 aliphatic heterocycles. The third kappa shape index (κ3) is 2.81. The smallest absolute Gasteiger partial charge is 0.252 e. The molecule has 0 N–H and O–H groups in total. The zero-order valence-electron chi connectivity index (χ0n) is 19.3. The first-order valence-electron chi connectivity index (χ1n) is 10.6. The van der Waals surface area contributed by atoms with Gasteiger partial charge in [-0.25, -0.2) is 0 Å². The minimum Gasteiger partial charge on any atom is -0.372 e. The van der Waals surface area contributed by atoms with Crippen molar-refractivity contribution in [2.75, 3.05) is 13.2 Å². The van der Waals surface area contributed by atoms with Crippen LogP contribution in [0, 0.1) is 0 Å². The molecule has 5 rings (SSSR count). The second kappa shape index (κ2) is 7.54. The lowest BCUT2D eigenvalue weighted by Crippen LogP contribution is -2.76. The molecule has 0 aliphatic carbocycles. The van der Waals surface area contributed by atoms with Gasteiger partial charge in [0.15, 0.2) is 36.3 Å². The van der Waals surface area contributed by atoms with Crippen LogP contribution < -0.4 is 0 Å². The highest BCUT2D eigenvalue weighted by Gasteiger charge is 2.72. The van der Waals surface area contributed by atoms with Gasteiger partial charge in [0.1, 0.15) is 6.61 Å². The van der Waals surface area contributed by atoms with E-state index in [1.165, 1.54) is 64.0 Å². The minimum absolute atomic E-state index is 0.00152. The number of rotatable bonds is 3. The number of carbonyl (C=O) groups excluding carboxylic acids is 6. The molecule has 3 saturated heterocycles. The van der Waals surface area contributed by atoms with E-state index in [-0.39, 0.29) is 24.9 Å². The Morgan fingerprint density at radius 2 is 0.939 bits per heavy atom. The van der Waals surface area contributed by atoms with Crippen LogP contribution in [0.5, 0.6) is 0 Å². The van der Waals surface area contributed by atoms with Crippen molar-refractivity contribution < 1.29 is 33.5 Å². The van der Waals surface area contributed by atoms with Crippen molar-refractivity contribution in [1.29, 1.82) is 0 Å². The molecular formula is C20H26N6O7. The largest absolute Gasteiger partial charge is 0.372 e. The summed E-state index contributed by atoms with van der Waals surface area (Å²) >= 11 is 0. The molecule has 0 spiro atoms. The van der Waals surface area contributed by atoms with Crippen LogP contribution in [0.2, 0.25) is 0 Å². The quantitative estimate of drug-likeness (QED) is 0.503. The number of hydrogen-bond donors (Lipinski definition) is 0. The normalized spacial score (nSPS) is 27.1. The molecule has 5 heterocycles. The van der Waals surface area contributed by atoms with Crippen LogP contribution in [0.4, 0.5) is 0 Å². The van der Waals surface area contributed by atoms with Crippen molar-refractivity contribution in [3.05, 3.63) is 11.6 Å². The van der Waals surface area contributed by atoms with Crippen molar-refractivity contribution in [3.8, 4) is 0 Å². The van der Waals surface area contributed by atoms with Crippen LogP contribution in [-0.2, 0) is 33.5 Å². The Morgan fingerprint density at radius 1 is 0.606 bits per heavy atom. The van der Waals surface area contributed by atoms with E-state index in [0.29, 0.717) is 0 Å². The molecule has 13 heteroatoms. The molecule has 6 amide bonds. The Bertz CT molecular complexity index is 962. The number of carbonyl (C=O) groups is 6. The van der Waals surface area contributed by atoms with Crippen molar-refractivity contribution in [3.63, 3.8) is 0 Å². The predicted octanol–water partition coefficient (Wildman–Crippen LogP) is -1.42. The predicted molar refractivity (Wildman–Crippen MR) is 108 cm³/mol. The van der Waals surface area contributed by atoms with E-state index >= 15 is 0 Å². The van der Waals surface area contributed by atoms with Crippen LogP contribution in [-0.4, -0.2) is 103 Å². The Hall–Kier alpha value is -3.48. The first kappa shape index (κ1) is 22.7. The fourth-order valence-corrected chi connectivity index (χ4v) is 5.36. The van der Waals surface area contributed by atoms with Crippen molar-refractivity contribution in [1.82, 2.24) is 29.4 Å². The fraction of sp³-hybridized carbons (Fsp3) is 0.600. The Kier molecular flexibility index (Phi) is 5.19. The summed E-state index contributed by atoms with van der Waals surface area (Å²) in [7, 11) is 0. The Balaban J connectivity index is 2.11. The third-order valence-corrected chi connectivity index (χ3v) is 6.28. The maximum Gasteiger partial charge on any atom is 0.252 e. The lowest BCUT2D eigenvalue weighted by Gasteiger charge is -2.53. The average Bonchev–Trinajstić information content (AvgIpc) is 3.15. The van der Waals surface area contributed by atoms with Gasteiger partial charge in [-0.1, -0.05) is 0 Å². The van der Waals surface area contributed by atoms with Gasteiger partial charge in [0.25, 0.3) is 5.91 Å². The average molecular weight is 462 g/mol. The molecule has 4 atom stereocenters. The maximum absolute atomic E-state index is 13.4. The van der Waals surface area contributed by atoms with Gasteiger partial charge in [-0.3, -0.25) is 58.2 Å². The fourth-order valence-electron chi connectivity index (χ4n) is 5.36. The number of amides is 6. The lowest BCUT2D eigenvalue weighted by atomic mass is 10.1. The van der Waals surface area contributed by atoms with Crippen molar-refractivity contribution >= 4 is 35.4 Å². The molecule has 0 aromatic heterocycles. The van der Waals surface area contributed by atoms with Gasteiger partial charge in [-0.15, -0.1) is 0 Å². The van der Waals surface area contributed by atoms with E-state index < -0.39 is 60.1 Å². The molecule has 6 bridgehead atoms. The first-order valence-corrected chi connectivity index (χ1v) is 10.6. The molecule has 0 aromatic rings. The van der Waals surface area contributed by atoms with Gasteiger partial charge in [0.05, 0.1) is 0 Å². The molecule has 0 saturated carbocycles. The molecule has 33 heavy (non-hydrogen) atoms. The number of nitrogens with zero attached hydrogens (tertiary/aromatic N) is 6. The van der Waals surface area contributed by atoms with Crippen LogP contribution in [0.1, 0.15) is 41.5 Å². The summed E-state index contributed by atoms with van der Waals surface area (Å²) in [4.78, 5) is 85.3. The van der Waals surface area contributed by atoms with E-state index in [0.717, 1.165) is 0 Å². The molecular weight excluding hydrogens is 436 g/mol. The molecule has 5 aliphatic rings. The molecule has 0 radical (unpaired) electrons. The maximum atomic E-state index is 13.4. The van der Waals surface area contributed by atoms with E-state index in [1.807, 2.05) is 0 Å². The summed E-state index contributed by atoms with van der Waals surface area (Å²) in [5.74, 6) is -3.10. The molecule has 13 nitrogen and oxygen atoms in total. The summed E-state index contributed by atoms with van der Waals surface area (Å²) in [5, 5.41) is 0. The molecule has 0 aromatic carbocycles. The number of piperazine rings is 1. The number of hydrogen-bond acceptors (Lipinski definition) is 7. The minimum atomic E-state index is -1.09. The van der Waals surface area contributed by atoms with Gasteiger partial charge in [0, 0.05) is 41.2 Å². The summed E-state index contributed by atoms with van der Waals surface area (Å²) in [6.07, 6.45) is -4.32. The summed E-state index contributed by atoms with van der Waals surface area (Å²) in [6, 6.07) is 0. The SMILES string of the molecule is CCOCC(=O)N1C2C3N(C(C)=O)C(=C4N(C(C)=O)C(C1N4C(C)=O)N3C(C)=O)N2C(C)=O. The Morgan fingerprint density at radius 3 is 1.21 bits per heavy atom. The second-order valence-corrected chi connectivity index (χ2v) is 8.22. The third-order valence-electron chi connectivity index (χ3n) is 6.28. The Labute approximate surface area is 190 Å². The van der Waals surface area contributed by atoms with Crippen molar-refractivity contribution in [2.45, 2.75) is 66.2 Å². The van der Waals surface area contributed by atoms with E-state index in [4.69, 9.17) is 4.74 Å². The highest BCUT2D eigenvalue weighted by Crippen LogP contribution is 2.52. The zero-order chi connectivity index (χ0) is 24.5. The second-order valence-electron chi connectivity index (χ2n) is 8.22. The molecule has 4 unspecified atom stereocenters. The van der Waals surface area contributed by atoms with Gasteiger partial charge < -0.3 is 4.74 Å². The van der Waals surface area contributed by atoms with E-state index in [9.17, 15) is 28.8 Å². The molecule has 3 fully saturated rings. The first-order chi connectivity index (χ1) is 15.5. The summed E-state index contributed by atoms with van der Waals surface area (Å²) < 4.78 is 5.31. The number of ether oxygens (including phenoxy) is 1. The molecule has 178 valence electrons. The monoisotopic (exact) mass is 462 g/mol. The standard InChI is InChI=1S/C20H26N6O7/c1-7-33-8-14(32)26-19-17-21(9(2)27)15(24(19)12(5)30)16-22(10(3)28)18(23(17)11(4)29)20(26)25(16)13(6)31/h17-20H,7-8H2,1-6H3. The summed E-state index contributed by atoms with van der Waals surface area (Å²) in [6.45, 7) is 7.93. The highest BCUT2D eigenvalue weighted by molar-refractivity contribution is 5.91. The topological polar surface area (TPSA) is 131 Å².